The fraction of sp³-hybridized carbons (Fsp3) is 0.348. The number of fused-ring (bicyclic) bond motifs is 2. The second-order valence-electron chi connectivity index (χ2n) is 8.21. The molecule has 5 heterocycles. The number of methoxy groups -OCH3 is 1. The number of ether oxygens (including phenoxy) is 1. The lowest BCUT2D eigenvalue weighted by molar-refractivity contribution is 0.183. The van der Waals surface area contributed by atoms with Crippen LogP contribution in [0.15, 0.2) is 43.0 Å². The molecule has 32 heavy (non-hydrogen) atoms. The second-order valence-corrected chi connectivity index (χ2v) is 9.43. The van der Waals surface area contributed by atoms with E-state index in [0.717, 1.165) is 40.9 Å². The van der Waals surface area contributed by atoms with E-state index in [1.165, 1.54) is 37.8 Å². The van der Waals surface area contributed by atoms with Crippen LogP contribution in [0.1, 0.15) is 0 Å². The molecule has 0 aliphatic carbocycles. The summed E-state index contributed by atoms with van der Waals surface area (Å²) in [7, 11) is 1.46. The van der Waals surface area contributed by atoms with Crippen LogP contribution in [0, 0.1) is 5.82 Å². The van der Waals surface area contributed by atoms with Gasteiger partial charge in [0, 0.05) is 66.9 Å². The first-order chi connectivity index (χ1) is 15.7. The fourth-order valence-corrected chi connectivity index (χ4v) is 5.53. The van der Waals surface area contributed by atoms with Gasteiger partial charge in [0.1, 0.15) is 0 Å². The molecule has 2 fully saturated rings. The third-order valence-corrected chi connectivity index (χ3v) is 7.38. The average molecular weight is 451 g/mol. The van der Waals surface area contributed by atoms with Crippen LogP contribution in [-0.2, 0) is 0 Å². The monoisotopic (exact) mass is 450 g/mol. The van der Waals surface area contributed by atoms with Crippen LogP contribution in [0.5, 0.6) is 5.75 Å². The summed E-state index contributed by atoms with van der Waals surface area (Å²) in [6.07, 6.45) is 7.45. The summed E-state index contributed by atoms with van der Waals surface area (Å²) in [6, 6.07) is 5.63. The van der Waals surface area contributed by atoms with Gasteiger partial charge in [-0.25, -0.2) is 13.9 Å². The van der Waals surface area contributed by atoms with E-state index in [1.54, 1.807) is 18.5 Å². The van der Waals surface area contributed by atoms with Crippen molar-refractivity contribution < 1.29 is 9.13 Å². The van der Waals surface area contributed by atoms with E-state index in [0.29, 0.717) is 11.6 Å². The van der Waals surface area contributed by atoms with Crippen LogP contribution < -0.4 is 9.64 Å². The van der Waals surface area contributed by atoms with E-state index in [-0.39, 0.29) is 5.75 Å². The van der Waals surface area contributed by atoms with Crippen LogP contribution in [0.3, 0.4) is 0 Å². The molecule has 0 spiro atoms. The lowest BCUT2D eigenvalue weighted by atomic mass is 10.0. The minimum absolute atomic E-state index is 0.193. The normalized spacial score (nSPS) is 17.8. The van der Waals surface area contributed by atoms with Gasteiger partial charge in [-0.15, -0.1) is 0 Å². The Kier molecular flexibility index (Phi) is 4.87. The molecule has 2 saturated heterocycles. The van der Waals surface area contributed by atoms with Gasteiger partial charge in [0.15, 0.2) is 17.2 Å². The Hall–Kier alpha value is -2.91. The molecule has 0 atom stereocenters. The van der Waals surface area contributed by atoms with Crippen LogP contribution in [0.25, 0.3) is 27.7 Å². The predicted octanol–water partition coefficient (Wildman–Crippen LogP) is 3.33. The molecule has 2 aliphatic heterocycles. The number of aromatic nitrogens is 4. The fourth-order valence-electron chi connectivity index (χ4n) is 4.60. The van der Waals surface area contributed by atoms with Gasteiger partial charge in [0.05, 0.1) is 36.9 Å². The van der Waals surface area contributed by atoms with Gasteiger partial charge < -0.3 is 9.64 Å². The maximum atomic E-state index is 14.2. The zero-order valence-corrected chi connectivity index (χ0v) is 18.6. The summed E-state index contributed by atoms with van der Waals surface area (Å²) < 4.78 is 21.1. The highest BCUT2D eigenvalue weighted by atomic mass is 32.2. The molecule has 7 nitrogen and oxygen atoms in total. The Labute approximate surface area is 189 Å². The minimum atomic E-state index is -0.427. The molecule has 4 aromatic rings. The molecular formula is C23H23FN6OS. The first-order valence-electron chi connectivity index (χ1n) is 10.7. The maximum absolute atomic E-state index is 14.2. The van der Waals surface area contributed by atoms with Crippen molar-refractivity contribution in [3.8, 4) is 16.9 Å². The number of hydrogen-bond donors (Lipinski definition) is 0. The molecule has 2 aliphatic rings. The van der Waals surface area contributed by atoms with E-state index in [1.807, 2.05) is 34.7 Å². The molecule has 164 valence electrons. The molecule has 3 aromatic heterocycles. The summed E-state index contributed by atoms with van der Waals surface area (Å²) in [6.45, 7) is 4.45. The van der Waals surface area contributed by atoms with Crippen molar-refractivity contribution in [2.75, 3.05) is 49.7 Å². The predicted molar refractivity (Wildman–Crippen MR) is 125 cm³/mol. The van der Waals surface area contributed by atoms with Crippen LogP contribution >= 0.6 is 11.8 Å². The van der Waals surface area contributed by atoms with Crippen molar-refractivity contribution >= 4 is 34.0 Å². The lowest BCUT2D eigenvalue weighted by Crippen LogP contribution is -2.61. The Bertz CT molecular complexity index is 1300. The van der Waals surface area contributed by atoms with Crippen molar-refractivity contribution in [2.45, 2.75) is 6.04 Å². The van der Waals surface area contributed by atoms with Gasteiger partial charge in [-0.05, 0) is 17.7 Å². The van der Waals surface area contributed by atoms with Crippen molar-refractivity contribution in [1.29, 1.82) is 0 Å². The number of pyridine rings is 1. The molecule has 1 aromatic carbocycles. The molecule has 0 unspecified atom stereocenters. The smallest absolute Gasteiger partial charge is 0.167 e. The summed E-state index contributed by atoms with van der Waals surface area (Å²) in [5.74, 6) is 2.24. The van der Waals surface area contributed by atoms with Gasteiger partial charge in [-0.2, -0.15) is 16.9 Å². The largest absolute Gasteiger partial charge is 0.494 e. The summed E-state index contributed by atoms with van der Waals surface area (Å²) in [4.78, 5) is 14.0. The highest BCUT2D eigenvalue weighted by molar-refractivity contribution is 7.99. The topological polar surface area (TPSA) is 58.8 Å². The second kappa shape index (κ2) is 7.90. The molecule has 0 radical (unpaired) electrons. The van der Waals surface area contributed by atoms with Crippen molar-refractivity contribution in [3.05, 3.63) is 48.8 Å². The van der Waals surface area contributed by atoms with E-state index in [4.69, 9.17) is 9.72 Å². The third-order valence-electron chi connectivity index (χ3n) is 6.44. The van der Waals surface area contributed by atoms with E-state index >= 15 is 0 Å². The standard InChI is InChI=1S/C23H23FN6OS/c1-31-22-8-18-17(2-3-25-21(18)9-20(22)24)19-11-27-30-14-15(10-26-23(19)30)29-12-16(13-29)28-4-6-32-7-5-28/h2-3,8-11,14,16H,4-7,12-13H2,1H3. The van der Waals surface area contributed by atoms with Gasteiger partial charge in [-0.1, -0.05) is 0 Å². The Balaban J connectivity index is 1.31. The summed E-state index contributed by atoms with van der Waals surface area (Å²) >= 11 is 2.05. The van der Waals surface area contributed by atoms with Crippen LogP contribution in [0.4, 0.5) is 10.1 Å². The zero-order chi connectivity index (χ0) is 21.7. The van der Waals surface area contributed by atoms with E-state index < -0.39 is 5.82 Å². The Morgan fingerprint density at radius 2 is 1.94 bits per heavy atom. The van der Waals surface area contributed by atoms with Crippen molar-refractivity contribution in [3.63, 3.8) is 0 Å². The quantitative estimate of drug-likeness (QED) is 0.473. The number of nitrogens with zero attached hydrogens (tertiary/aromatic N) is 6. The minimum Gasteiger partial charge on any atom is -0.494 e. The van der Waals surface area contributed by atoms with Crippen LogP contribution in [-0.4, -0.2) is 75.3 Å². The van der Waals surface area contributed by atoms with Gasteiger partial charge in [-0.3, -0.25) is 9.88 Å². The van der Waals surface area contributed by atoms with Gasteiger partial charge >= 0.3 is 0 Å². The van der Waals surface area contributed by atoms with Crippen molar-refractivity contribution in [2.24, 2.45) is 0 Å². The van der Waals surface area contributed by atoms with Gasteiger partial charge in [0.2, 0.25) is 0 Å². The number of benzene rings is 1. The number of rotatable bonds is 4. The number of thioether (sulfide) groups is 1. The summed E-state index contributed by atoms with van der Waals surface area (Å²) in [5.41, 5.74) is 4.19. The molecule has 0 amide bonds. The Morgan fingerprint density at radius 1 is 1.09 bits per heavy atom. The molecule has 0 N–H and O–H groups in total. The van der Waals surface area contributed by atoms with Crippen LogP contribution in [0.2, 0.25) is 0 Å². The van der Waals surface area contributed by atoms with E-state index in [9.17, 15) is 4.39 Å². The first kappa shape index (κ1) is 19.8. The molecule has 9 heteroatoms. The molecule has 0 saturated carbocycles. The maximum Gasteiger partial charge on any atom is 0.167 e. The number of anilines is 1. The van der Waals surface area contributed by atoms with E-state index in [2.05, 4.69) is 19.9 Å². The van der Waals surface area contributed by atoms with Gasteiger partial charge in [0.25, 0.3) is 0 Å². The average Bonchev–Trinajstić information content (AvgIpc) is 3.21. The zero-order valence-electron chi connectivity index (χ0n) is 17.7. The molecule has 6 rings (SSSR count). The lowest BCUT2D eigenvalue weighted by Gasteiger charge is -2.47. The number of hydrogen-bond acceptors (Lipinski definition) is 7. The SMILES string of the molecule is COc1cc2c(-c3cnn4cc(N5CC(N6CCSCC6)C5)cnc34)ccnc2cc1F. The highest BCUT2D eigenvalue weighted by Gasteiger charge is 2.33. The van der Waals surface area contributed by atoms with Crippen molar-refractivity contribution in [1.82, 2.24) is 24.5 Å². The highest BCUT2D eigenvalue weighted by Crippen LogP contribution is 2.34. The third kappa shape index (κ3) is 3.27. The summed E-state index contributed by atoms with van der Waals surface area (Å²) in [5, 5.41) is 5.36. The number of halogens is 1. The first-order valence-corrected chi connectivity index (χ1v) is 11.9. The molecule has 0 bridgehead atoms. The molecular weight excluding hydrogens is 427 g/mol. The Morgan fingerprint density at radius 3 is 2.75 bits per heavy atom.